The molecule has 1 aromatic heterocycles. The summed E-state index contributed by atoms with van der Waals surface area (Å²) in [6, 6.07) is 14.9. The van der Waals surface area contributed by atoms with Gasteiger partial charge in [-0.05, 0) is 43.3 Å². The highest BCUT2D eigenvalue weighted by atomic mass is 16.2. The van der Waals surface area contributed by atoms with Gasteiger partial charge < -0.3 is 5.32 Å². The van der Waals surface area contributed by atoms with Gasteiger partial charge in [0.2, 0.25) is 5.91 Å². The zero-order valence-corrected chi connectivity index (χ0v) is 15.5. The van der Waals surface area contributed by atoms with Crippen LogP contribution >= 0.6 is 0 Å². The van der Waals surface area contributed by atoms with Crippen molar-refractivity contribution in [3.63, 3.8) is 0 Å². The molecule has 2 heterocycles. The summed E-state index contributed by atoms with van der Waals surface area (Å²) in [7, 11) is 0. The van der Waals surface area contributed by atoms with Crippen molar-refractivity contribution >= 4 is 29.1 Å². The molecule has 1 N–H and O–H groups in total. The Hall–Kier alpha value is -4.01. The minimum absolute atomic E-state index is 0.0730. The second-order valence-corrected chi connectivity index (χ2v) is 6.58. The highest BCUT2D eigenvalue weighted by molar-refractivity contribution is 5.96. The van der Waals surface area contributed by atoms with Crippen molar-refractivity contribution in [1.29, 1.82) is 0 Å². The molecular weight excluding hydrogens is 374 g/mol. The van der Waals surface area contributed by atoms with E-state index in [9.17, 15) is 19.2 Å². The normalized spacial score (nSPS) is 12.7. The summed E-state index contributed by atoms with van der Waals surface area (Å²) in [5, 5.41) is 6.77. The maximum Gasteiger partial charge on any atom is 0.354 e. The lowest BCUT2D eigenvalue weighted by Crippen LogP contribution is -2.36. The van der Waals surface area contributed by atoms with Gasteiger partial charge in [-0.1, -0.05) is 18.2 Å². The quantitative estimate of drug-likeness (QED) is 0.669. The molecule has 1 aliphatic rings. The number of aromatic nitrogens is 3. The third-order valence-electron chi connectivity index (χ3n) is 4.56. The van der Waals surface area contributed by atoms with Crippen LogP contribution in [0.5, 0.6) is 0 Å². The summed E-state index contributed by atoms with van der Waals surface area (Å²) >= 11 is 0. The first-order chi connectivity index (χ1) is 13.9. The standard InChI is InChI=1S/C20H17N5O4/c1-13(26)14-7-9-15(10-8-14)21-18(27)12-24-20(29)25-17(22-24)11-23(19(25)28)16-5-3-2-4-6-16/h2-10H,11-12H2,1H3,(H,21,27). The maximum absolute atomic E-state index is 12.6. The predicted octanol–water partition coefficient (Wildman–Crippen LogP) is 1.87. The van der Waals surface area contributed by atoms with Crippen LogP contribution < -0.4 is 15.9 Å². The van der Waals surface area contributed by atoms with E-state index in [2.05, 4.69) is 10.4 Å². The number of amides is 2. The highest BCUT2D eigenvalue weighted by Crippen LogP contribution is 2.21. The Kier molecular flexibility index (Phi) is 4.55. The minimum atomic E-state index is -0.662. The van der Waals surface area contributed by atoms with Gasteiger partial charge in [0.05, 0.1) is 6.54 Å². The van der Waals surface area contributed by atoms with Crippen LogP contribution in [0, 0.1) is 0 Å². The average Bonchev–Trinajstić information content (AvgIpc) is 3.19. The number of hydrogen-bond donors (Lipinski definition) is 1. The third-order valence-corrected chi connectivity index (χ3v) is 4.56. The van der Waals surface area contributed by atoms with Crippen LogP contribution in [0.2, 0.25) is 0 Å². The molecule has 146 valence electrons. The molecule has 0 saturated carbocycles. The summed E-state index contributed by atoms with van der Waals surface area (Å²) in [6.07, 6.45) is 0. The van der Waals surface area contributed by atoms with Crippen LogP contribution in [-0.2, 0) is 17.9 Å². The average molecular weight is 391 g/mol. The number of benzene rings is 2. The van der Waals surface area contributed by atoms with E-state index in [-0.39, 0.29) is 24.7 Å². The van der Waals surface area contributed by atoms with Crippen molar-refractivity contribution in [2.24, 2.45) is 0 Å². The fraction of sp³-hybridized carbons (Fsp3) is 0.150. The number of carbonyl (C=O) groups is 3. The highest BCUT2D eigenvalue weighted by Gasteiger charge is 2.33. The molecule has 0 atom stereocenters. The number of hydrogen-bond acceptors (Lipinski definition) is 5. The summed E-state index contributed by atoms with van der Waals surface area (Å²) in [6.45, 7) is 1.28. The van der Waals surface area contributed by atoms with Gasteiger partial charge in [-0.15, -0.1) is 0 Å². The van der Waals surface area contributed by atoms with E-state index in [1.54, 1.807) is 48.5 Å². The number of carbonyl (C=O) groups excluding carboxylic acids is 3. The van der Waals surface area contributed by atoms with Crippen molar-refractivity contribution in [2.45, 2.75) is 20.0 Å². The molecule has 2 aromatic carbocycles. The number of para-hydroxylation sites is 1. The van der Waals surface area contributed by atoms with Crippen molar-refractivity contribution in [1.82, 2.24) is 14.3 Å². The van der Waals surface area contributed by atoms with Gasteiger partial charge in [0.15, 0.2) is 11.6 Å². The van der Waals surface area contributed by atoms with Gasteiger partial charge in [0.25, 0.3) is 0 Å². The molecule has 9 heteroatoms. The maximum atomic E-state index is 12.6. The Morgan fingerprint density at radius 2 is 1.72 bits per heavy atom. The summed E-state index contributed by atoms with van der Waals surface area (Å²) < 4.78 is 1.94. The van der Waals surface area contributed by atoms with Crippen molar-refractivity contribution < 1.29 is 14.4 Å². The molecule has 3 aromatic rings. The number of nitrogens with one attached hydrogen (secondary N) is 1. The van der Waals surface area contributed by atoms with Crippen LogP contribution in [0.1, 0.15) is 23.1 Å². The number of ketones is 1. The Morgan fingerprint density at radius 1 is 1.03 bits per heavy atom. The Morgan fingerprint density at radius 3 is 2.34 bits per heavy atom. The Balaban J connectivity index is 1.47. The molecule has 0 aliphatic carbocycles. The second kappa shape index (κ2) is 7.19. The molecule has 1 aliphatic heterocycles. The van der Waals surface area contributed by atoms with Crippen LogP contribution in [0.3, 0.4) is 0 Å². The summed E-state index contributed by atoms with van der Waals surface area (Å²) in [5.74, 6) is -0.259. The largest absolute Gasteiger partial charge is 0.354 e. The van der Waals surface area contributed by atoms with Gasteiger partial charge in [0.1, 0.15) is 6.54 Å². The first-order valence-corrected chi connectivity index (χ1v) is 8.90. The topological polar surface area (TPSA) is 106 Å². The van der Waals surface area contributed by atoms with Gasteiger partial charge in [-0.25, -0.2) is 14.3 Å². The number of fused-ring (bicyclic) bond motifs is 1. The molecule has 4 rings (SSSR count). The first-order valence-electron chi connectivity index (χ1n) is 8.90. The number of Topliss-reactive ketones (excluding diaryl/α,β-unsaturated/α-hetero) is 1. The molecule has 0 spiro atoms. The van der Waals surface area contributed by atoms with E-state index < -0.39 is 17.6 Å². The lowest BCUT2D eigenvalue weighted by molar-refractivity contribution is -0.117. The molecule has 9 nitrogen and oxygen atoms in total. The van der Waals surface area contributed by atoms with E-state index in [1.165, 1.54) is 11.8 Å². The van der Waals surface area contributed by atoms with Gasteiger partial charge in [-0.3, -0.25) is 14.5 Å². The Bertz CT molecular complexity index is 1160. The van der Waals surface area contributed by atoms with Crippen LogP contribution in [0.25, 0.3) is 0 Å². The van der Waals surface area contributed by atoms with E-state index >= 15 is 0 Å². The first kappa shape index (κ1) is 18.4. The molecule has 0 unspecified atom stereocenters. The number of anilines is 2. The molecule has 0 fully saturated rings. The molecule has 29 heavy (non-hydrogen) atoms. The van der Waals surface area contributed by atoms with Gasteiger partial charge in [-0.2, -0.15) is 9.67 Å². The van der Waals surface area contributed by atoms with Crippen LogP contribution in [-0.4, -0.2) is 32.1 Å². The number of nitrogens with zero attached hydrogens (tertiary/aromatic N) is 4. The summed E-state index contributed by atoms with van der Waals surface area (Å²) in [5.41, 5.74) is 1.03. The fourth-order valence-corrected chi connectivity index (χ4v) is 3.11. The fourth-order valence-electron chi connectivity index (χ4n) is 3.11. The molecule has 0 bridgehead atoms. The van der Waals surface area contributed by atoms with E-state index in [0.29, 0.717) is 16.9 Å². The molecular formula is C20H17N5O4. The number of rotatable bonds is 5. The minimum Gasteiger partial charge on any atom is -0.324 e. The van der Waals surface area contributed by atoms with Crippen molar-refractivity contribution in [2.75, 3.05) is 10.2 Å². The van der Waals surface area contributed by atoms with E-state index in [0.717, 1.165) is 9.25 Å². The van der Waals surface area contributed by atoms with Gasteiger partial charge >= 0.3 is 11.7 Å². The zero-order valence-electron chi connectivity index (χ0n) is 15.5. The molecule has 2 amide bonds. The van der Waals surface area contributed by atoms with Crippen molar-refractivity contribution in [3.05, 3.63) is 76.5 Å². The zero-order chi connectivity index (χ0) is 20.5. The summed E-state index contributed by atoms with van der Waals surface area (Å²) in [4.78, 5) is 50.2. The van der Waals surface area contributed by atoms with Gasteiger partial charge in [0, 0.05) is 16.9 Å². The van der Waals surface area contributed by atoms with Crippen LogP contribution in [0.15, 0.2) is 59.4 Å². The third kappa shape index (κ3) is 3.45. The lowest BCUT2D eigenvalue weighted by atomic mass is 10.1. The molecule has 0 saturated heterocycles. The predicted molar refractivity (Wildman–Crippen MR) is 105 cm³/mol. The smallest absolute Gasteiger partial charge is 0.324 e. The Labute approximate surface area is 165 Å². The second-order valence-electron chi connectivity index (χ2n) is 6.58. The van der Waals surface area contributed by atoms with E-state index in [4.69, 9.17) is 0 Å². The van der Waals surface area contributed by atoms with Crippen LogP contribution in [0.4, 0.5) is 16.2 Å². The SMILES string of the molecule is CC(=O)c1ccc(NC(=O)Cn2nc3n(c2=O)C(=O)N(c2ccccc2)C3)cc1. The lowest BCUT2D eigenvalue weighted by Gasteiger charge is -2.14. The monoisotopic (exact) mass is 391 g/mol. The molecule has 0 radical (unpaired) electrons. The van der Waals surface area contributed by atoms with Crippen molar-refractivity contribution in [3.8, 4) is 0 Å². The van der Waals surface area contributed by atoms with E-state index in [1.807, 2.05) is 6.07 Å².